The summed E-state index contributed by atoms with van der Waals surface area (Å²) in [6.07, 6.45) is 0. The van der Waals surface area contributed by atoms with Crippen molar-refractivity contribution < 1.29 is 4.42 Å². The number of fused-ring (bicyclic) bond motifs is 10. The zero-order valence-electron chi connectivity index (χ0n) is 35.8. The van der Waals surface area contributed by atoms with Gasteiger partial charge in [0.05, 0.1) is 16.9 Å². The molecule has 0 saturated heterocycles. The molecule has 9 aromatic carbocycles. The average molecular weight is 890 g/mol. The van der Waals surface area contributed by atoms with E-state index in [2.05, 4.69) is 182 Å². The van der Waals surface area contributed by atoms with Crippen LogP contribution in [-0.4, -0.2) is 15.0 Å². The molecular weight excluding hydrogens is 855 g/mol. The van der Waals surface area contributed by atoms with E-state index in [4.69, 9.17) is 19.4 Å². The largest absolute Gasteiger partial charge is 0.438 e. The zero-order valence-corrected chi connectivity index (χ0v) is 37.4. The highest BCUT2D eigenvalue weighted by atomic mass is 32.1. The molecule has 6 heteroatoms. The molecule has 0 aliphatic heterocycles. The minimum Gasteiger partial charge on any atom is -0.438 e. The van der Waals surface area contributed by atoms with E-state index < -0.39 is 0 Å². The van der Waals surface area contributed by atoms with E-state index in [-0.39, 0.29) is 0 Å². The van der Waals surface area contributed by atoms with Crippen molar-refractivity contribution in [1.82, 2.24) is 15.0 Å². The molecule has 0 aliphatic rings. The lowest BCUT2D eigenvalue weighted by Crippen LogP contribution is -1.96. The molecule has 4 nitrogen and oxygen atoms in total. The lowest BCUT2D eigenvalue weighted by Gasteiger charge is -2.14. The molecule has 0 spiro atoms. The Labute approximate surface area is 392 Å². The molecule has 0 saturated carbocycles. The van der Waals surface area contributed by atoms with Crippen LogP contribution in [-0.2, 0) is 0 Å². The van der Waals surface area contributed by atoms with Crippen molar-refractivity contribution in [2.75, 3.05) is 0 Å². The van der Waals surface area contributed by atoms with Crippen LogP contribution in [0.25, 0.3) is 141 Å². The molecular formula is C61H35N3OS2. The summed E-state index contributed by atoms with van der Waals surface area (Å²) in [5, 5.41) is 8.13. The Balaban J connectivity index is 0.961. The van der Waals surface area contributed by atoms with E-state index in [1.54, 1.807) is 0 Å². The maximum Gasteiger partial charge on any atom is 0.227 e. The maximum atomic E-state index is 6.41. The van der Waals surface area contributed by atoms with Crippen LogP contribution >= 0.6 is 22.7 Å². The summed E-state index contributed by atoms with van der Waals surface area (Å²) in [4.78, 5) is 15.6. The third kappa shape index (κ3) is 6.52. The summed E-state index contributed by atoms with van der Waals surface area (Å²) in [7, 11) is 0. The van der Waals surface area contributed by atoms with Gasteiger partial charge in [-0.15, -0.1) is 22.7 Å². The van der Waals surface area contributed by atoms with Gasteiger partial charge in [0.2, 0.25) is 5.71 Å². The molecule has 312 valence electrons. The SMILES string of the molecule is c1ccc(-c2ccc3nc4oc5ccc(-c6cc(-c7cc(-c8ccc9sc%10ccccc%10c9c8)cc(-c8ccc9sc%10ccccc%10c9c8)c7)nc(-c7ccccc7)n6)cc5c4cc3c2)cc1. The maximum absolute atomic E-state index is 6.41. The molecule has 5 heterocycles. The van der Waals surface area contributed by atoms with E-state index in [1.807, 2.05) is 53.0 Å². The van der Waals surface area contributed by atoms with Gasteiger partial charge in [0, 0.05) is 73.2 Å². The first kappa shape index (κ1) is 38.0. The van der Waals surface area contributed by atoms with Crippen LogP contribution < -0.4 is 0 Å². The first-order valence-corrected chi connectivity index (χ1v) is 24.0. The van der Waals surface area contributed by atoms with Crippen molar-refractivity contribution in [3.8, 4) is 67.3 Å². The van der Waals surface area contributed by atoms with Gasteiger partial charge in [-0.2, -0.15) is 0 Å². The second kappa shape index (κ2) is 15.1. The van der Waals surface area contributed by atoms with Crippen molar-refractivity contribution >= 4 is 96.0 Å². The molecule has 0 radical (unpaired) electrons. The minimum atomic E-state index is 0.618. The van der Waals surface area contributed by atoms with Gasteiger partial charge >= 0.3 is 0 Å². The normalized spacial score (nSPS) is 11.9. The van der Waals surface area contributed by atoms with Gasteiger partial charge < -0.3 is 4.42 Å². The Morgan fingerprint density at radius 2 is 0.821 bits per heavy atom. The summed E-state index contributed by atoms with van der Waals surface area (Å²) >= 11 is 3.69. The van der Waals surface area contributed by atoms with E-state index in [0.29, 0.717) is 11.5 Å². The summed E-state index contributed by atoms with van der Waals surface area (Å²) in [5.74, 6) is 0.663. The number of furan rings is 1. The van der Waals surface area contributed by atoms with Crippen LogP contribution in [0.15, 0.2) is 217 Å². The van der Waals surface area contributed by atoms with Gasteiger partial charge in [0.25, 0.3) is 0 Å². The second-order valence-corrected chi connectivity index (χ2v) is 19.3. The van der Waals surface area contributed by atoms with Crippen molar-refractivity contribution in [2.45, 2.75) is 0 Å². The molecule has 0 unspecified atom stereocenters. The second-order valence-electron chi connectivity index (χ2n) is 17.2. The number of thiophene rings is 2. The lowest BCUT2D eigenvalue weighted by atomic mass is 9.93. The van der Waals surface area contributed by atoms with Crippen molar-refractivity contribution in [2.24, 2.45) is 0 Å². The third-order valence-corrected chi connectivity index (χ3v) is 15.4. The molecule has 14 rings (SSSR count). The van der Waals surface area contributed by atoms with E-state index >= 15 is 0 Å². The smallest absolute Gasteiger partial charge is 0.227 e. The van der Waals surface area contributed by atoms with Gasteiger partial charge in [-0.05, 0) is 130 Å². The predicted molar refractivity (Wildman–Crippen MR) is 283 cm³/mol. The van der Waals surface area contributed by atoms with Crippen LogP contribution in [0.1, 0.15) is 0 Å². The van der Waals surface area contributed by atoms with Gasteiger partial charge in [0.15, 0.2) is 5.82 Å². The molecule has 5 aromatic heterocycles. The topological polar surface area (TPSA) is 51.8 Å². The van der Waals surface area contributed by atoms with E-state index in [9.17, 15) is 0 Å². The third-order valence-electron chi connectivity index (χ3n) is 13.1. The molecule has 0 aliphatic carbocycles. The predicted octanol–water partition coefficient (Wildman–Crippen LogP) is 17.7. The molecule has 0 N–H and O–H groups in total. The molecule has 67 heavy (non-hydrogen) atoms. The number of hydrogen-bond acceptors (Lipinski definition) is 6. The highest BCUT2D eigenvalue weighted by molar-refractivity contribution is 7.26. The number of benzene rings is 9. The Morgan fingerprint density at radius 3 is 1.49 bits per heavy atom. The monoisotopic (exact) mass is 889 g/mol. The summed E-state index contributed by atoms with van der Waals surface area (Å²) < 4.78 is 11.6. The lowest BCUT2D eigenvalue weighted by molar-refractivity contribution is 0.656. The van der Waals surface area contributed by atoms with Crippen LogP contribution in [0.2, 0.25) is 0 Å². The molecule has 0 amide bonds. The van der Waals surface area contributed by atoms with Gasteiger partial charge in [-0.25, -0.2) is 15.0 Å². The Kier molecular flexibility index (Phi) is 8.59. The van der Waals surface area contributed by atoms with Crippen LogP contribution in [0.5, 0.6) is 0 Å². The van der Waals surface area contributed by atoms with Gasteiger partial charge in [0.1, 0.15) is 5.58 Å². The molecule has 0 fully saturated rings. The van der Waals surface area contributed by atoms with E-state index in [1.165, 1.54) is 45.9 Å². The molecule has 0 bridgehead atoms. The Hall–Kier alpha value is -8.29. The quantitative estimate of drug-likeness (QED) is 0.167. The Morgan fingerprint density at radius 1 is 0.299 bits per heavy atom. The molecule has 14 aromatic rings. The fourth-order valence-corrected chi connectivity index (χ4v) is 11.9. The summed E-state index contributed by atoms with van der Waals surface area (Å²) in [6.45, 7) is 0. The fraction of sp³-hybridized carbons (Fsp3) is 0. The van der Waals surface area contributed by atoms with Crippen molar-refractivity contribution in [1.29, 1.82) is 0 Å². The van der Waals surface area contributed by atoms with Crippen LogP contribution in [0, 0.1) is 0 Å². The highest BCUT2D eigenvalue weighted by Crippen LogP contribution is 2.42. The van der Waals surface area contributed by atoms with Crippen LogP contribution in [0.4, 0.5) is 0 Å². The number of hydrogen-bond donors (Lipinski definition) is 0. The fourth-order valence-electron chi connectivity index (χ4n) is 9.71. The van der Waals surface area contributed by atoms with Gasteiger partial charge in [-0.3, -0.25) is 0 Å². The average Bonchev–Trinajstić information content (AvgIpc) is 4.08. The standard InChI is InChI=1S/C61H35N3OS2/c1-3-11-36(12-4-1)38-19-23-52-45(27-38)34-51-48-33-41(20-24-55(48)65-61(51)64-52)53-35-54(63-60(62-53)37-13-5-2-6-14-37)44-29-42(39-21-25-58-49(31-39)46-15-7-9-17-56(46)66-58)28-43(30-44)40-22-26-59-50(32-40)47-16-8-10-18-57(47)67-59/h1-35H. The minimum absolute atomic E-state index is 0.618. The number of aromatic nitrogens is 3. The van der Waals surface area contributed by atoms with E-state index in [0.717, 1.165) is 83.2 Å². The summed E-state index contributed by atoms with van der Waals surface area (Å²) in [6, 6.07) is 76.0. The molecule has 0 atom stereocenters. The van der Waals surface area contributed by atoms with Gasteiger partial charge in [-0.1, -0.05) is 115 Å². The highest BCUT2D eigenvalue weighted by Gasteiger charge is 2.18. The first-order chi connectivity index (χ1) is 33.1. The van der Waals surface area contributed by atoms with Crippen molar-refractivity contribution in [3.05, 3.63) is 212 Å². The first-order valence-electron chi connectivity index (χ1n) is 22.4. The number of nitrogens with zero attached hydrogens (tertiary/aromatic N) is 3. The van der Waals surface area contributed by atoms with Crippen LogP contribution in [0.3, 0.4) is 0 Å². The Bertz CT molecular complexity index is 4150. The number of pyridine rings is 1. The number of rotatable bonds is 6. The van der Waals surface area contributed by atoms with Crippen molar-refractivity contribution in [3.63, 3.8) is 0 Å². The zero-order chi connectivity index (χ0) is 44.0. The summed E-state index contributed by atoms with van der Waals surface area (Å²) in [5.41, 5.74) is 13.8.